The van der Waals surface area contributed by atoms with Gasteiger partial charge in [0.2, 0.25) is 0 Å². The lowest BCUT2D eigenvalue weighted by molar-refractivity contribution is -0.137. The Balaban J connectivity index is 1.57. The topological polar surface area (TPSA) is 30.2 Å². The number of thioether (sulfide) groups is 1. The van der Waals surface area contributed by atoms with Gasteiger partial charge in [-0.3, -0.25) is 4.40 Å². The van der Waals surface area contributed by atoms with Crippen molar-refractivity contribution in [1.82, 2.24) is 14.6 Å². The van der Waals surface area contributed by atoms with Crippen molar-refractivity contribution in [2.24, 2.45) is 0 Å². The highest BCUT2D eigenvalue weighted by Gasteiger charge is 2.30. The largest absolute Gasteiger partial charge is 0.416 e. The van der Waals surface area contributed by atoms with Gasteiger partial charge in [0.25, 0.3) is 0 Å². The minimum Gasteiger partial charge on any atom is -0.281 e. The van der Waals surface area contributed by atoms with Crippen LogP contribution in [0.3, 0.4) is 0 Å². The Hall–Kier alpha value is -3.32. The first-order valence-electron chi connectivity index (χ1n) is 9.60. The number of rotatable bonds is 4. The Morgan fingerprint density at radius 3 is 2.39 bits per heavy atom. The fraction of sp³-hybridized carbons (Fsp3) is 0.0833. The maximum atomic E-state index is 13.0. The first-order valence-corrected chi connectivity index (χ1v) is 10.6. The Morgan fingerprint density at radius 2 is 1.65 bits per heavy atom. The summed E-state index contributed by atoms with van der Waals surface area (Å²) in [5.41, 5.74) is 3.66. The van der Waals surface area contributed by atoms with Gasteiger partial charge in [-0.15, -0.1) is 22.0 Å². The standard InChI is InChI=1S/C24H16F3N3S/c25-24(26,27)18-8-6-17(7-9-18)21-13-23-29-28-15-30(23)22-12-19(10-11-20(21)22)31-14-16-4-2-1-3-5-16/h1-13,15H,14H2. The zero-order valence-electron chi connectivity index (χ0n) is 16.2. The van der Waals surface area contributed by atoms with Crippen molar-refractivity contribution in [1.29, 1.82) is 0 Å². The third kappa shape index (κ3) is 3.88. The molecule has 3 aromatic carbocycles. The lowest BCUT2D eigenvalue weighted by Crippen LogP contribution is -2.04. The molecular weight excluding hydrogens is 419 g/mol. The number of benzene rings is 3. The van der Waals surface area contributed by atoms with Crippen molar-refractivity contribution in [2.75, 3.05) is 0 Å². The zero-order chi connectivity index (χ0) is 21.4. The van der Waals surface area contributed by atoms with E-state index in [1.165, 1.54) is 17.7 Å². The Labute approximate surface area is 180 Å². The Bertz CT molecular complexity index is 1360. The predicted octanol–water partition coefficient (Wildman–Crippen LogP) is 6.86. The smallest absolute Gasteiger partial charge is 0.281 e. The molecule has 0 spiro atoms. The average molecular weight is 435 g/mol. The van der Waals surface area contributed by atoms with Crippen molar-refractivity contribution in [2.45, 2.75) is 16.8 Å². The predicted molar refractivity (Wildman–Crippen MR) is 117 cm³/mol. The number of halogens is 3. The molecule has 2 heterocycles. The third-order valence-corrected chi connectivity index (χ3v) is 6.20. The van der Waals surface area contributed by atoms with Gasteiger partial charge in [-0.1, -0.05) is 48.5 Å². The van der Waals surface area contributed by atoms with Gasteiger partial charge < -0.3 is 0 Å². The molecule has 0 bridgehead atoms. The molecule has 7 heteroatoms. The van der Waals surface area contributed by atoms with E-state index in [9.17, 15) is 13.2 Å². The lowest BCUT2D eigenvalue weighted by Gasteiger charge is -2.12. The van der Waals surface area contributed by atoms with Crippen molar-refractivity contribution in [3.8, 4) is 11.1 Å². The van der Waals surface area contributed by atoms with Gasteiger partial charge >= 0.3 is 6.18 Å². The van der Waals surface area contributed by atoms with Crippen LogP contribution in [0, 0.1) is 0 Å². The maximum absolute atomic E-state index is 13.0. The van der Waals surface area contributed by atoms with Crippen LogP contribution in [0.25, 0.3) is 27.7 Å². The van der Waals surface area contributed by atoms with Crippen LogP contribution in [0.4, 0.5) is 13.2 Å². The second kappa shape index (κ2) is 7.74. The average Bonchev–Trinajstić information content (AvgIpc) is 3.26. The SMILES string of the molecule is FC(F)(F)c1ccc(-c2cc3nncn3c3cc(SCc4ccccc4)ccc23)cc1. The maximum Gasteiger partial charge on any atom is 0.416 e. The molecule has 31 heavy (non-hydrogen) atoms. The number of alkyl halides is 3. The first kappa shape index (κ1) is 19.6. The Morgan fingerprint density at radius 1 is 0.871 bits per heavy atom. The molecule has 5 rings (SSSR count). The zero-order valence-corrected chi connectivity index (χ0v) is 17.0. The summed E-state index contributed by atoms with van der Waals surface area (Å²) in [6, 6.07) is 23.4. The van der Waals surface area contributed by atoms with Gasteiger partial charge in [-0.05, 0) is 47.0 Å². The van der Waals surface area contributed by atoms with Gasteiger partial charge in [0.15, 0.2) is 5.65 Å². The van der Waals surface area contributed by atoms with E-state index >= 15 is 0 Å². The van der Waals surface area contributed by atoms with Crippen molar-refractivity contribution >= 4 is 28.3 Å². The normalized spacial score (nSPS) is 12.0. The number of fused-ring (bicyclic) bond motifs is 3. The highest BCUT2D eigenvalue weighted by atomic mass is 32.2. The molecule has 0 amide bonds. The van der Waals surface area contributed by atoms with Gasteiger partial charge in [-0.2, -0.15) is 13.2 Å². The van der Waals surface area contributed by atoms with Crippen molar-refractivity contribution in [3.05, 3.63) is 96.3 Å². The fourth-order valence-electron chi connectivity index (χ4n) is 3.58. The molecule has 0 atom stereocenters. The monoisotopic (exact) mass is 435 g/mol. The van der Waals surface area contributed by atoms with Crippen LogP contribution in [-0.4, -0.2) is 14.6 Å². The molecule has 0 radical (unpaired) electrons. The molecule has 154 valence electrons. The number of nitrogens with zero attached hydrogens (tertiary/aromatic N) is 3. The van der Waals surface area contributed by atoms with Crippen LogP contribution >= 0.6 is 11.8 Å². The second-order valence-corrected chi connectivity index (χ2v) is 8.19. The molecule has 0 aliphatic rings. The fourth-order valence-corrected chi connectivity index (χ4v) is 4.47. The van der Waals surface area contributed by atoms with E-state index in [2.05, 4.69) is 28.4 Å². The molecule has 2 aromatic heterocycles. The van der Waals surface area contributed by atoms with E-state index in [1.54, 1.807) is 18.1 Å². The molecule has 0 aliphatic heterocycles. The first-order chi connectivity index (χ1) is 15.0. The van der Waals surface area contributed by atoms with Gasteiger partial charge in [0, 0.05) is 16.0 Å². The summed E-state index contributed by atoms with van der Waals surface area (Å²) in [6.07, 6.45) is -2.71. The van der Waals surface area contributed by atoms with Gasteiger partial charge in [0.05, 0.1) is 11.1 Å². The third-order valence-electron chi connectivity index (χ3n) is 5.14. The molecule has 0 unspecified atom stereocenters. The number of pyridine rings is 1. The van der Waals surface area contributed by atoms with Gasteiger partial charge in [0.1, 0.15) is 6.33 Å². The van der Waals surface area contributed by atoms with E-state index in [4.69, 9.17) is 0 Å². The molecule has 0 fully saturated rings. The Kier molecular flexibility index (Phi) is 4.90. The molecule has 5 aromatic rings. The van der Waals surface area contributed by atoms with E-state index in [0.29, 0.717) is 11.2 Å². The molecular formula is C24H16F3N3S. The summed E-state index contributed by atoms with van der Waals surface area (Å²) >= 11 is 1.73. The summed E-state index contributed by atoms with van der Waals surface area (Å²) in [4.78, 5) is 1.09. The van der Waals surface area contributed by atoms with E-state index in [0.717, 1.165) is 39.2 Å². The van der Waals surface area contributed by atoms with Crippen LogP contribution < -0.4 is 0 Å². The summed E-state index contributed by atoms with van der Waals surface area (Å²) in [7, 11) is 0. The minimum absolute atomic E-state index is 0.646. The van der Waals surface area contributed by atoms with Crippen LogP contribution in [0.15, 0.2) is 90.1 Å². The molecule has 0 aliphatic carbocycles. The number of hydrogen-bond acceptors (Lipinski definition) is 3. The van der Waals surface area contributed by atoms with Crippen LogP contribution in [0.5, 0.6) is 0 Å². The highest BCUT2D eigenvalue weighted by molar-refractivity contribution is 7.98. The molecule has 3 nitrogen and oxygen atoms in total. The van der Waals surface area contributed by atoms with Crippen LogP contribution in [0.1, 0.15) is 11.1 Å². The van der Waals surface area contributed by atoms with Crippen molar-refractivity contribution < 1.29 is 13.2 Å². The van der Waals surface area contributed by atoms with E-state index < -0.39 is 11.7 Å². The van der Waals surface area contributed by atoms with Crippen molar-refractivity contribution in [3.63, 3.8) is 0 Å². The molecule has 0 saturated heterocycles. The summed E-state index contributed by atoms with van der Waals surface area (Å²) in [5, 5.41) is 9.10. The van der Waals surface area contributed by atoms with Crippen LogP contribution in [0.2, 0.25) is 0 Å². The van der Waals surface area contributed by atoms with Crippen LogP contribution in [-0.2, 0) is 11.9 Å². The van der Waals surface area contributed by atoms with E-state index in [1.807, 2.05) is 40.8 Å². The number of hydrogen-bond donors (Lipinski definition) is 0. The van der Waals surface area contributed by atoms with E-state index in [-0.39, 0.29) is 0 Å². The second-order valence-electron chi connectivity index (χ2n) is 7.15. The summed E-state index contributed by atoms with van der Waals surface area (Å²) in [6.45, 7) is 0. The summed E-state index contributed by atoms with van der Waals surface area (Å²) < 4.78 is 40.8. The quantitative estimate of drug-likeness (QED) is 0.289. The minimum atomic E-state index is -4.36. The highest BCUT2D eigenvalue weighted by Crippen LogP contribution is 2.35. The lowest BCUT2D eigenvalue weighted by atomic mass is 10.00. The van der Waals surface area contributed by atoms with Gasteiger partial charge in [-0.25, -0.2) is 0 Å². The number of aromatic nitrogens is 3. The molecule has 0 N–H and O–H groups in total. The summed E-state index contributed by atoms with van der Waals surface area (Å²) in [5.74, 6) is 0.844. The molecule has 0 saturated carbocycles.